The van der Waals surface area contributed by atoms with Crippen molar-refractivity contribution >= 4 is 10.0 Å². The van der Waals surface area contributed by atoms with E-state index in [4.69, 9.17) is 9.98 Å². The number of rotatable bonds is 5. The zero-order chi connectivity index (χ0) is 9.73. The third-order valence-corrected chi connectivity index (χ3v) is 2.81. The van der Waals surface area contributed by atoms with Gasteiger partial charge in [-0.1, -0.05) is 12.8 Å². The Hall–Kier alpha value is -0.170. The second kappa shape index (κ2) is 4.90. The van der Waals surface area contributed by atoms with Crippen LogP contribution in [0.4, 0.5) is 0 Å². The van der Waals surface area contributed by atoms with Crippen LogP contribution in [-0.4, -0.2) is 26.8 Å². The molecule has 0 aromatic heterocycles. The highest BCUT2D eigenvalue weighted by atomic mass is 32.2. The molecule has 0 radical (unpaired) electrons. The first-order valence-corrected chi connectivity index (χ1v) is 6.18. The van der Waals surface area contributed by atoms with Crippen LogP contribution >= 0.6 is 0 Å². The summed E-state index contributed by atoms with van der Waals surface area (Å²) in [5.41, 5.74) is 2.62. The monoisotopic (exact) mass is 208 g/mol. The van der Waals surface area contributed by atoms with Crippen molar-refractivity contribution in [3.8, 4) is 0 Å². The predicted molar refractivity (Wildman–Crippen MR) is 49.3 cm³/mol. The molecule has 1 aliphatic carbocycles. The number of sulfonamides is 1. The minimum Gasteiger partial charge on any atom is -0.298 e. The molecule has 0 heterocycles. The van der Waals surface area contributed by atoms with Gasteiger partial charge in [0, 0.05) is 6.54 Å². The van der Waals surface area contributed by atoms with Gasteiger partial charge in [-0.05, 0) is 12.8 Å². The Morgan fingerprint density at radius 2 is 2.00 bits per heavy atom. The van der Waals surface area contributed by atoms with Crippen molar-refractivity contribution in [3.05, 3.63) is 0 Å². The van der Waals surface area contributed by atoms with Crippen molar-refractivity contribution in [1.29, 1.82) is 0 Å². The standard InChI is InChI=1S/C7H16N2O3S/c8-13(10,11)6-5-9-12-7-3-1-2-4-7/h7,9H,1-6H2,(H2,8,10,11). The van der Waals surface area contributed by atoms with Crippen LogP contribution in [0.2, 0.25) is 0 Å². The zero-order valence-electron chi connectivity index (χ0n) is 7.53. The molecule has 1 aliphatic rings. The Morgan fingerprint density at radius 1 is 1.38 bits per heavy atom. The molecular weight excluding hydrogens is 192 g/mol. The molecule has 78 valence electrons. The van der Waals surface area contributed by atoms with Crippen molar-refractivity contribution in [2.24, 2.45) is 5.14 Å². The van der Waals surface area contributed by atoms with Gasteiger partial charge in [-0.2, -0.15) is 0 Å². The van der Waals surface area contributed by atoms with Gasteiger partial charge < -0.3 is 0 Å². The lowest BCUT2D eigenvalue weighted by Crippen LogP contribution is -2.29. The molecule has 1 fully saturated rings. The van der Waals surface area contributed by atoms with E-state index in [0.29, 0.717) is 0 Å². The summed E-state index contributed by atoms with van der Waals surface area (Å²) in [4.78, 5) is 5.23. The maximum Gasteiger partial charge on any atom is 0.210 e. The Morgan fingerprint density at radius 3 is 2.54 bits per heavy atom. The fourth-order valence-electron chi connectivity index (χ4n) is 1.37. The Bertz CT molecular complexity index is 234. The maximum atomic E-state index is 10.5. The van der Waals surface area contributed by atoms with Crippen molar-refractivity contribution in [2.45, 2.75) is 31.8 Å². The fraction of sp³-hybridized carbons (Fsp3) is 1.00. The number of hydroxylamine groups is 1. The number of hydrogen-bond donors (Lipinski definition) is 2. The molecule has 0 aliphatic heterocycles. The molecule has 3 N–H and O–H groups in total. The maximum absolute atomic E-state index is 10.5. The molecule has 0 bridgehead atoms. The van der Waals surface area contributed by atoms with Gasteiger partial charge >= 0.3 is 0 Å². The summed E-state index contributed by atoms with van der Waals surface area (Å²) in [7, 11) is -3.36. The van der Waals surface area contributed by atoms with Crippen LogP contribution in [0, 0.1) is 0 Å². The Labute approximate surface area is 78.6 Å². The summed E-state index contributed by atoms with van der Waals surface area (Å²) in [6.07, 6.45) is 4.76. The lowest BCUT2D eigenvalue weighted by molar-refractivity contribution is -0.0175. The molecule has 5 nitrogen and oxygen atoms in total. The fourth-order valence-corrected chi connectivity index (χ4v) is 1.73. The summed E-state index contributed by atoms with van der Waals surface area (Å²) < 4.78 is 21.0. The summed E-state index contributed by atoms with van der Waals surface area (Å²) in [5.74, 6) is -0.0836. The van der Waals surface area contributed by atoms with Gasteiger partial charge in [0.2, 0.25) is 10.0 Å². The van der Waals surface area contributed by atoms with Gasteiger partial charge in [0.05, 0.1) is 11.9 Å². The quantitative estimate of drug-likeness (QED) is 0.482. The van der Waals surface area contributed by atoms with Gasteiger partial charge in [0.1, 0.15) is 0 Å². The highest BCUT2D eigenvalue weighted by Crippen LogP contribution is 2.19. The van der Waals surface area contributed by atoms with Crippen LogP contribution < -0.4 is 10.6 Å². The normalized spacial score (nSPS) is 19.5. The van der Waals surface area contributed by atoms with Crippen molar-refractivity contribution in [2.75, 3.05) is 12.3 Å². The lowest BCUT2D eigenvalue weighted by atomic mass is 10.3. The Kier molecular flexibility index (Phi) is 4.11. The number of primary sulfonamides is 1. The minimum absolute atomic E-state index is 0.0836. The van der Waals surface area contributed by atoms with Crippen LogP contribution in [0.5, 0.6) is 0 Å². The molecule has 0 saturated heterocycles. The summed E-state index contributed by atoms with van der Waals surface area (Å²) in [5, 5.41) is 4.81. The second-order valence-electron chi connectivity index (χ2n) is 3.29. The first-order valence-electron chi connectivity index (χ1n) is 4.47. The molecule has 0 aromatic carbocycles. The highest BCUT2D eigenvalue weighted by molar-refractivity contribution is 7.89. The van der Waals surface area contributed by atoms with Crippen LogP contribution in [0.25, 0.3) is 0 Å². The van der Waals surface area contributed by atoms with E-state index in [9.17, 15) is 8.42 Å². The molecule has 0 atom stereocenters. The third-order valence-electron chi connectivity index (χ3n) is 2.04. The van der Waals surface area contributed by atoms with Gasteiger partial charge in [-0.15, -0.1) is 0 Å². The van der Waals surface area contributed by atoms with Crippen LogP contribution in [-0.2, 0) is 14.9 Å². The average molecular weight is 208 g/mol. The molecule has 0 spiro atoms. The Balaban J connectivity index is 2.01. The summed E-state index contributed by atoms with van der Waals surface area (Å²) in [6.45, 7) is 0.259. The molecule has 1 rings (SSSR count). The van der Waals surface area contributed by atoms with Crippen LogP contribution in [0.15, 0.2) is 0 Å². The molecular formula is C7H16N2O3S. The molecule has 1 saturated carbocycles. The number of hydrogen-bond acceptors (Lipinski definition) is 4. The van der Waals surface area contributed by atoms with Gasteiger partial charge in [-0.25, -0.2) is 19.0 Å². The largest absolute Gasteiger partial charge is 0.298 e. The summed E-state index contributed by atoms with van der Waals surface area (Å²) >= 11 is 0. The van der Waals surface area contributed by atoms with Crippen LogP contribution in [0.1, 0.15) is 25.7 Å². The van der Waals surface area contributed by atoms with Gasteiger partial charge in [-0.3, -0.25) is 4.84 Å². The van der Waals surface area contributed by atoms with Gasteiger partial charge in [0.15, 0.2) is 0 Å². The van der Waals surface area contributed by atoms with Crippen molar-refractivity contribution in [1.82, 2.24) is 5.48 Å². The molecule has 13 heavy (non-hydrogen) atoms. The van der Waals surface area contributed by atoms with E-state index in [1.165, 1.54) is 12.8 Å². The highest BCUT2D eigenvalue weighted by Gasteiger charge is 2.15. The third kappa shape index (κ3) is 5.20. The SMILES string of the molecule is NS(=O)(=O)CCNOC1CCCC1. The number of nitrogens with one attached hydrogen (secondary N) is 1. The van der Waals surface area contributed by atoms with E-state index < -0.39 is 10.0 Å². The summed E-state index contributed by atoms with van der Waals surface area (Å²) in [6, 6.07) is 0. The van der Waals surface area contributed by atoms with E-state index in [-0.39, 0.29) is 18.4 Å². The molecule has 6 heteroatoms. The first-order chi connectivity index (χ1) is 6.08. The van der Waals surface area contributed by atoms with E-state index >= 15 is 0 Å². The molecule has 0 unspecified atom stereocenters. The number of nitrogens with two attached hydrogens (primary N) is 1. The van der Waals surface area contributed by atoms with E-state index in [1.54, 1.807) is 0 Å². The predicted octanol–water partition coefficient (Wildman–Crippen LogP) is -0.261. The lowest BCUT2D eigenvalue weighted by Gasteiger charge is -2.10. The van der Waals surface area contributed by atoms with Crippen molar-refractivity contribution in [3.63, 3.8) is 0 Å². The topological polar surface area (TPSA) is 81.4 Å². The van der Waals surface area contributed by atoms with E-state index in [1.807, 2.05) is 0 Å². The smallest absolute Gasteiger partial charge is 0.210 e. The molecule has 0 amide bonds. The van der Waals surface area contributed by atoms with Gasteiger partial charge in [0.25, 0.3) is 0 Å². The molecule has 0 aromatic rings. The minimum atomic E-state index is -3.36. The van der Waals surface area contributed by atoms with Crippen molar-refractivity contribution < 1.29 is 13.3 Å². The van der Waals surface area contributed by atoms with Crippen LogP contribution in [0.3, 0.4) is 0 Å². The first kappa shape index (κ1) is 10.9. The average Bonchev–Trinajstić information content (AvgIpc) is 2.48. The van der Waals surface area contributed by atoms with E-state index in [0.717, 1.165) is 12.8 Å². The zero-order valence-corrected chi connectivity index (χ0v) is 8.35. The van der Waals surface area contributed by atoms with E-state index in [2.05, 4.69) is 5.48 Å². The second-order valence-corrected chi connectivity index (χ2v) is 5.02.